The Morgan fingerprint density at radius 3 is 2.50 bits per heavy atom. The summed E-state index contributed by atoms with van der Waals surface area (Å²) in [6, 6.07) is 11.6. The van der Waals surface area contributed by atoms with Gasteiger partial charge in [-0.05, 0) is 53.0 Å². The lowest BCUT2D eigenvalue weighted by Crippen LogP contribution is -2.37. The standard InChI is InChI=1S/C16H15BrN2O2S3/c17-14-5-6-15(23-14)24(20,21)19-9-7-11(8-10-19)16-18-12-3-1-2-4-13(12)22-16/h1-6,11H,7-10H2. The number of sulfonamides is 1. The molecule has 0 atom stereocenters. The van der Waals surface area contributed by atoms with E-state index < -0.39 is 10.0 Å². The van der Waals surface area contributed by atoms with E-state index in [0.717, 1.165) is 27.2 Å². The number of halogens is 1. The summed E-state index contributed by atoms with van der Waals surface area (Å²) in [5.74, 6) is 0.351. The highest BCUT2D eigenvalue weighted by Gasteiger charge is 2.31. The molecule has 0 spiro atoms. The fourth-order valence-electron chi connectivity index (χ4n) is 2.97. The molecule has 1 aliphatic rings. The van der Waals surface area contributed by atoms with Crippen molar-refractivity contribution in [2.24, 2.45) is 0 Å². The van der Waals surface area contributed by atoms with Crippen LogP contribution in [0.3, 0.4) is 0 Å². The van der Waals surface area contributed by atoms with Crippen molar-refractivity contribution in [1.29, 1.82) is 0 Å². The molecule has 8 heteroatoms. The summed E-state index contributed by atoms with van der Waals surface area (Å²) in [6.07, 6.45) is 1.65. The van der Waals surface area contributed by atoms with Gasteiger partial charge in [-0.15, -0.1) is 22.7 Å². The topological polar surface area (TPSA) is 50.3 Å². The zero-order valence-corrected chi connectivity index (χ0v) is 16.7. The Morgan fingerprint density at radius 1 is 1.08 bits per heavy atom. The van der Waals surface area contributed by atoms with Crippen molar-refractivity contribution in [1.82, 2.24) is 9.29 Å². The summed E-state index contributed by atoms with van der Waals surface area (Å²) < 4.78 is 29.4. The predicted octanol–water partition coefficient (Wildman–Crippen LogP) is 4.69. The number of nitrogens with zero attached hydrogens (tertiary/aromatic N) is 2. The lowest BCUT2D eigenvalue weighted by atomic mass is 9.99. The van der Waals surface area contributed by atoms with Gasteiger partial charge in [-0.2, -0.15) is 4.31 Å². The van der Waals surface area contributed by atoms with E-state index in [1.54, 1.807) is 27.8 Å². The van der Waals surface area contributed by atoms with Gasteiger partial charge in [-0.1, -0.05) is 12.1 Å². The Hall–Kier alpha value is -0.800. The van der Waals surface area contributed by atoms with Crippen LogP contribution >= 0.6 is 38.6 Å². The molecule has 126 valence electrons. The van der Waals surface area contributed by atoms with E-state index in [-0.39, 0.29) is 0 Å². The van der Waals surface area contributed by atoms with Crippen LogP contribution < -0.4 is 0 Å². The second kappa shape index (κ2) is 6.49. The lowest BCUT2D eigenvalue weighted by molar-refractivity contribution is 0.320. The summed E-state index contributed by atoms with van der Waals surface area (Å²) in [7, 11) is -3.37. The van der Waals surface area contributed by atoms with Crippen molar-refractivity contribution in [3.8, 4) is 0 Å². The molecular formula is C16H15BrN2O2S3. The van der Waals surface area contributed by atoms with E-state index in [0.29, 0.717) is 23.2 Å². The number of hydrogen-bond acceptors (Lipinski definition) is 5. The summed E-state index contributed by atoms with van der Waals surface area (Å²) in [5, 5.41) is 1.13. The van der Waals surface area contributed by atoms with Gasteiger partial charge in [-0.3, -0.25) is 0 Å². The Kier molecular flexibility index (Phi) is 4.51. The molecule has 0 saturated carbocycles. The van der Waals surface area contributed by atoms with E-state index in [4.69, 9.17) is 4.98 Å². The molecule has 0 bridgehead atoms. The maximum atomic E-state index is 12.7. The molecule has 2 aromatic heterocycles. The highest BCUT2D eigenvalue weighted by molar-refractivity contribution is 9.11. The zero-order chi connectivity index (χ0) is 16.7. The number of para-hydroxylation sites is 1. The van der Waals surface area contributed by atoms with Gasteiger partial charge < -0.3 is 0 Å². The first-order chi connectivity index (χ1) is 11.5. The largest absolute Gasteiger partial charge is 0.252 e. The van der Waals surface area contributed by atoms with Gasteiger partial charge in [0.25, 0.3) is 10.0 Å². The Morgan fingerprint density at radius 2 is 1.83 bits per heavy atom. The fraction of sp³-hybridized carbons (Fsp3) is 0.312. The summed E-state index contributed by atoms with van der Waals surface area (Å²) in [6.45, 7) is 1.11. The van der Waals surface area contributed by atoms with E-state index in [1.165, 1.54) is 16.0 Å². The molecule has 3 aromatic rings. The summed E-state index contributed by atoms with van der Waals surface area (Å²) >= 11 is 6.33. The Balaban J connectivity index is 1.50. The van der Waals surface area contributed by atoms with Gasteiger partial charge in [0.2, 0.25) is 0 Å². The normalized spacial score (nSPS) is 17.5. The van der Waals surface area contributed by atoms with Gasteiger partial charge in [0.15, 0.2) is 0 Å². The van der Waals surface area contributed by atoms with Crippen LogP contribution in [0.4, 0.5) is 0 Å². The monoisotopic (exact) mass is 442 g/mol. The maximum Gasteiger partial charge on any atom is 0.252 e. The molecule has 0 N–H and O–H groups in total. The molecule has 0 amide bonds. The molecule has 4 nitrogen and oxygen atoms in total. The van der Waals surface area contributed by atoms with Crippen LogP contribution in [0.15, 0.2) is 44.4 Å². The fourth-order valence-corrected chi connectivity index (χ4v) is 7.74. The predicted molar refractivity (Wildman–Crippen MR) is 102 cm³/mol. The van der Waals surface area contributed by atoms with E-state index in [1.807, 2.05) is 18.2 Å². The minimum Gasteiger partial charge on any atom is -0.241 e. The molecule has 1 aromatic carbocycles. The quantitative estimate of drug-likeness (QED) is 0.590. The van der Waals surface area contributed by atoms with Crippen LogP contribution in [-0.4, -0.2) is 30.8 Å². The minimum atomic E-state index is -3.37. The average Bonchev–Trinajstić information content (AvgIpc) is 3.21. The lowest BCUT2D eigenvalue weighted by Gasteiger charge is -2.29. The first-order valence-corrected chi connectivity index (χ1v) is 11.5. The first-order valence-electron chi connectivity index (χ1n) is 7.65. The Labute approximate surface area is 157 Å². The highest BCUT2D eigenvalue weighted by atomic mass is 79.9. The van der Waals surface area contributed by atoms with Crippen LogP contribution in [0, 0.1) is 0 Å². The Bertz CT molecular complexity index is 939. The molecule has 4 rings (SSSR count). The SMILES string of the molecule is O=S(=O)(c1ccc(Br)s1)N1CCC(c2nc3ccccc3s2)CC1. The van der Waals surface area contributed by atoms with Crippen molar-refractivity contribution in [2.45, 2.75) is 23.0 Å². The van der Waals surface area contributed by atoms with Gasteiger partial charge >= 0.3 is 0 Å². The van der Waals surface area contributed by atoms with Crippen molar-refractivity contribution >= 4 is 58.8 Å². The second-order valence-corrected chi connectivity index (χ2v) is 11.4. The number of benzene rings is 1. The smallest absolute Gasteiger partial charge is 0.241 e. The number of thiazole rings is 1. The summed E-state index contributed by atoms with van der Waals surface area (Å²) in [5.41, 5.74) is 1.04. The van der Waals surface area contributed by atoms with Gasteiger partial charge in [0, 0.05) is 19.0 Å². The third kappa shape index (κ3) is 3.06. The number of piperidine rings is 1. The van der Waals surface area contributed by atoms with Gasteiger partial charge in [0.1, 0.15) is 4.21 Å². The van der Waals surface area contributed by atoms with Gasteiger partial charge in [-0.25, -0.2) is 13.4 Å². The van der Waals surface area contributed by atoms with Crippen LogP contribution in [0.1, 0.15) is 23.8 Å². The van der Waals surface area contributed by atoms with E-state index >= 15 is 0 Å². The molecule has 1 fully saturated rings. The molecule has 0 unspecified atom stereocenters. The minimum absolute atomic E-state index is 0.351. The van der Waals surface area contributed by atoms with E-state index in [2.05, 4.69) is 22.0 Å². The number of hydrogen-bond donors (Lipinski definition) is 0. The molecule has 0 aliphatic carbocycles. The number of fused-ring (bicyclic) bond motifs is 1. The van der Waals surface area contributed by atoms with Crippen LogP contribution in [-0.2, 0) is 10.0 Å². The van der Waals surface area contributed by atoms with Crippen LogP contribution in [0.2, 0.25) is 0 Å². The van der Waals surface area contributed by atoms with Crippen molar-refractivity contribution in [2.75, 3.05) is 13.1 Å². The van der Waals surface area contributed by atoms with Crippen LogP contribution in [0.25, 0.3) is 10.2 Å². The van der Waals surface area contributed by atoms with Crippen molar-refractivity contribution in [3.05, 3.63) is 45.2 Å². The molecule has 24 heavy (non-hydrogen) atoms. The average molecular weight is 443 g/mol. The van der Waals surface area contributed by atoms with Crippen molar-refractivity contribution < 1.29 is 8.42 Å². The zero-order valence-electron chi connectivity index (χ0n) is 12.7. The first kappa shape index (κ1) is 16.7. The van der Waals surface area contributed by atoms with Crippen molar-refractivity contribution in [3.63, 3.8) is 0 Å². The molecule has 1 saturated heterocycles. The molecule has 1 aliphatic heterocycles. The van der Waals surface area contributed by atoms with E-state index in [9.17, 15) is 8.42 Å². The van der Waals surface area contributed by atoms with Crippen LogP contribution in [0.5, 0.6) is 0 Å². The highest BCUT2D eigenvalue weighted by Crippen LogP contribution is 2.36. The number of rotatable bonds is 3. The third-order valence-electron chi connectivity index (χ3n) is 4.26. The third-order valence-corrected chi connectivity index (χ3v) is 9.44. The maximum absolute atomic E-state index is 12.7. The molecular weight excluding hydrogens is 428 g/mol. The number of aromatic nitrogens is 1. The van der Waals surface area contributed by atoms with Gasteiger partial charge in [0.05, 0.1) is 19.0 Å². The second-order valence-electron chi connectivity index (χ2n) is 5.76. The summed E-state index contributed by atoms with van der Waals surface area (Å²) in [4.78, 5) is 4.73. The molecule has 3 heterocycles. The number of thiophene rings is 1. The molecule has 0 radical (unpaired) electrons.